The lowest BCUT2D eigenvalue weighted by Gasteiger charge is -2.02. The number of esters is 1. The highest BCUT2D eigenvalue weighted by molar-refractivity contribution is 5.92. The molecule has 0 spiro atoms. The Kier molecular flexibility index (Phi) is 3.15. The van der Waals surface area contributed by atoms with Gasteiger partial charge in [-0.05, 0) is 6.07 Å². The van der Waals surface area contributed by atoms with Crippen molar-refractivity contribution >= 4 is 11.7 Å². The van der Waals surface area contributed by atoms with E-state index in [9.17, 15) is 19.3 Å². The fourth-order valence-electron chi connectivity index (χ4n) is 1.10. The van der Waals surface area contributed by atoms with Crippen LogP contribution < -0.4 is 0 Å². The molecule has 0 aliphatic carbocycles. The standard InChI is InChI=1S/C9H5FN2O4/c1-16-9(13)5-2-3-7(12(14)15)8(10)6(5)4-11/h2-3H,1H3. The number of nitro groups is 1. The minimum Gasteiger partial charge on any atom is -0.465 e. The molecule has 82 valence electrons. The van der Waals surface area contributed by atoms with E-state index in [2.05, 4.69) is 4.74 Å². The van der Waals surface area contributed by atoms with Crippen molar-refractivity contribution in [3.8, 4) is 6.07 Å². The summed E-state index contributed by atoms with van der Waals surface area (Å²) in [5.74, 6) is -2.26. The van der Waals surface area contributed by atoms with Gasteiger partial charge < -0.3 is 4.74 Å². The highest BCUT2D eigenvalue weighted by atomic mass is 19.1. The van der Waals surface area contributed by atoms with Gasteiger partial charge in [-0.15, -0.1) is 0 Å². The van der Waals surface area contributed by atoms with Crippen molar-refractivity contribution < 1.29 is 18.8 Å². The summed E-state index contributed by atoms with van der Waals surface area (Å²) in [6.45, 7) is 0. The molecule has 0 saturated carbocycles. The number of halogens is 1. The first-order valence-electron chi connectivity index (χ1n) is 3.98. The maximum Gasteiger partial charge on any atom is 0.339 e. The largest absolute Gasteiger partial charge is 0.465 e. The van der Waals surface area contributed by atoms with E-state index in [4.69, 9.17) is 5.26 Å². The molecular formula is C9H5FN2O4. The summed E-state index contributed by atoms with van der Waals surface area (Å²) >= 11 is 0. The average molecular weight is 224 g/mol. The first kappa shape index (κ1) is 11.6. The second kappa shape index (κ2) is 4.35. The first-order chi connectivity index (χ1) is 7.52. The van der Waals surface area contributed by atoms with Crippen LogP contribution in [0, 0.1) is 27.3 Å². The lowest BCUT2D eigenvalue weighted by molar-refractivity contribution is -0.387. The van der Waals surface area contributed by atoms with Gasteiger partial charge in [-0.3, -0.25) is 10.1 Å². The molecule has 0 aliphatic rings. The molecule has 0 radical (unpaired) electrons. The zero-order valence-electron chi connectivity index (χ0n) is 8.06. The number of methoxy groups -OCH3 is 1. The highest BCUT2D eigenvalue weighted by Gasteiger charge is 2.24. The number of hydrogen-bond donors (Lipinski definition) is 0. The van der Waals surface area contributed by atoms with E-state index in [1.807, 2.05) is 0 Å². The van der Waals surface area contributed by atoms with Crippen molar-refractivity contribution in [2.24, 2.45) is 0 Å². The van der Waals surface area contributed by atoms with E-state index in [1.165, 1.54) is 6.07 Å². The zero-order valence-corrected chi connectivity index (χ0v) is 8.06. The number of benzene rings is 1. The number of nitro benzene ring substituents is 1. The van der Waals surface area contributed by atoms with Gasteiger partial charge in [0.15, 0.2) is 0 Å². The molecule has 0 atom stereocenters. The summed E-state index contributed by atoms with van der Waals surface area (Å²) in [5, 5.41) is 19.0. The Hall–Kier alpha value is -2.49. The van der Waals surface area contributed by atoms with Gasteiger partial charge in [0.2, 0.25) is 5.82 Å². The molecule has 0 saturated heterocycles. The SMILES string of the molecule is COC(=O)c1ccc([N+](=O)[O-])c(F)c1C#N. The first-order valence-corrected chi connectivity index (χ1v) is 3.98. The van der Waals surface area contributed by atoms with Crippen LogP contribution in [0.2, 0.25) is 0 Å². The third-order valence-corrected chi connectivity index (χ3v) is 1.84. The number of ether oxygens (including phenoxy) is 1. The van der Waals surface area contributed by atoms with Crippen LogP contribution in [0.15, 0.2) is 12.1 Å². The van der Waals surface area contributed by atoms with Gasteiger partial charge in [-0.25, -0.2) is 4.79 Å². The number of hydrogen-bond acceptors (Lipinski definition) is 5. The molecule has 1 aromatic carbocycles. The van der Waals surface area contributed by atoms with Crippen LogP contribution in [0.4, 0.5) is 10.1 Å². The number of rotatable bonds is 2. The number of carbonyl (C=O) groups excluding carboxylic acids is 1. The van der Waals surface area contributed by atoms with Crippen LogP contribution in [0.5, 0.6) is 0 Å². The summed E-state index contributed by atoms with van der Waals surface area (Å²) in [7, 11) is 1.06. The van der Waals surface area contributed by atoms with Crippen LogP contribution in [-0.2, 0) is 4.74 Å². The number of carbonyl (C=O) groups is 1. The van der Waals surface area contributed by atoms with Crippen molar-refractivity contribution in [2.75, 3.05) is 7.11 Å². The van der Waals surface area contributed by atoms with Gasteiger partial charge in [0, 0.05) is 6.07 Å². The smallest absolute Gasteiger partial charge is 0.339 e. The maximum absolute atomic E-state index is 13.4. The van der Waals surface area contributed by atoms with E-state index in [1.54, 1.807) is 0 Å². The fraction of sp³-hybridized carbons (Fsp3) is 0.111. The summed E-state index contributed by atoms with van der Waals surface area (Å²) in [4.78, 5) is 20.5. The molecule has 0 amide bonds. The van der Waals surface area contributed by atoms with E-state index >= 15 is 0 Å². The average Bonchev–Trinajstić information content (AvgIpc) is 2.26. The molecule has 1 rings (SSSR count). The third kappa shape index (κ3) is 1.81. The Bertz CT molecular complexity index is 507. The van der Waals surface area contributed by atoms with Gasteiger partial charge in [-0.2, -0.15) is 9.65 Å². The van der Waals surface area contributed by atoms with Gasteiger partial charge in [0.05, 0.1) is 17.6 Å². The monoisotopic (exact) mass is 224 g/mol. The summed E-state index contributed by atoms with van der Waals surface area (Å²) < 4.78 is 17.7. The second-order valence-electron chi connectivity index (χ2n) is 2.68. The van der Waals surface area contributed by atoms with Crippen LogP contribution in [0.1, 0.15) is 15.9 Å². The van der Waals surface area contributed by atoms with E-state index < -0.39 is 28.0 Å². The van der Waals surface area contributed by atoms with Gasteiger partial charge in [0.25, 0.3) is 0 Å². The van der Waals surface area contributed by atoms with Crippen LogP contribution in [0.3, 0.4) is 0 Å². The van der Waals surface area contributed by atoms with Crippen molar-refractivity contribution in [2.45, 2.75) is 0 Å². The van der Waals surface area contributed by atoms with E-state index in [0.29, 0.717) is 0 Å². The third-order valence-electron chi connectivity index (χ3n) is 1.84. The molecule has 16 heavy (non-hydrogen) atoms. The zero-order chi connectivity index (χ0) is 12.3. The molecule has 0 N–H and O–H groups in total. The van der Waals surface area contributed by atoms with E-state index in [0.717, 1.165) is 19.2 Å². The highest BCUT2D eigenvalue weighted by Crippen LogP contribution is 2.23. The molecule has 1 aromatic rings. The van der Waals surface area contributed by atoms with Crippen molar-refractivity contribution in [3.63, 3.8) is 0 Å². The van der Waals surface area contributed by atoms with Crippen molar-refractivity contribution in [3.05, 3.63) is 39.2 Å². The minimum atomic E-state index is -1.34. The maximum atomic E-state index is 13.4. The molecule has 0 aliphatic heterocycles. The van der Waals surface area contributed by atoms with Crippen molar-refractivity contribution in [1.82, 2.24) is 0 Å². The summed E-state index contributed by atoms with van der Waals surface area (Å²) in [6, 6.07) is 3.18. The molecule has 6 nitrogen and oxygen atoms in total. The van der Waals surface area contributed by atoms with Crippen LogP contribution >= 0.6 is 0 Å². The Morgan fingerprint density at radius 1 is 1.62 bits per heavy atom. The van der Waals surface area contributed by atoms with Crippen molar-refractivity contribution in [1.29, 1.82) is 5.26 Å². The van der Waals surface area contributed by atoms with Gasteiger partial charge >= 0.3 is 11.7 Å². The Labute approximate surface area is 89.0 Å². The van der Waals surface area contributed by atoms with Gasteiger partial charge in [-0.1, -0.05) is 0 Å². The predicted octanol–water partition coefficient (Wildman–Crippen LogP) is 1.39. The minimum absolute atomic E-state index is 0.340. The molecular weight excluding hydrogens is 219 g/mol. The summed E-state index contributed by atoms with van der Waals surface area (Å²) in [6.07, 6.45) is 0. The molecule has 0 bridgehead atoms. The Morgan fingerprint density at radius 3 is 2.69 bits per heavy atom. The Balaban J connectivity index is 3.48. The van der Waals surface area contributed by atoms with Crippen LogP contribution in [0.25, 0.3) is 0 Å². The number of nitriles is 1. The fourth-order valence-corrected chi connectivity index (χ4v) is 1.10. The molecule has 7 heteroatoms. The topological polar surface area (TPSA) is 93.2 Å². The Morgan fingerprint density at radius 2 is 2.25 bits per heavy atom. The normalized spacial score (nSPS) is 9.31. The summed E-state index contributed by atoms with van der Waals surface area (Å²) in [5.41, 5.74) is -1.89. The second-order valence-corrected chi connectivity index (χ2v) is 2.68. The van der Waals surface area contributed by atoms with Gasteiger partial charge in [0.1, 0.15) is 11.6 Å². The quantitative estimate of drug-likeness (QED) is 0.430. The lowest BCUT2D eigenvalue weighted by atomic mass is 10.1. The predicted molar refractivity (Wildman–Crippen MR) is 49.1 cm³/mol. The lowest BCUT2D eigenvalue weighted by Crippen LogP contribution is -2.07. The van der Waals surface area contributed by atoms with E-state index in [-0.39, 0.29) is 5.56 Å². The molecule has 0 unspecified atom stereocenters. The molecule has 0 heterocycles. The van der Waals surface area contributed by atoms with Crippen LogP contribution in [-0.4, -0.2) is 18.0 Å². The molecule has 0 fully saturated rings. The number of nitrogens with zero attached hydrogens (tertiary/aromatic N) is 2. The molecule has 0 aromatic heterocycles.